The number of benzene rings is 4. The first-order chi connectivity index (χ1) is 57.9. The van der Waals surface area contributed by atoms with Crippen LogP contribution in [0.1, 0.15) is 89.4 Å². The van der Waals surface area contributed by atoms with Crippen molar-refractivity contribution in [2.75, 3.05) is 40.5 Å². The maximum atomic E-state index is 15.8. The summed E-state index contributed by atoms with van der Waals surface area (Å²) < 4.78 is 186. The number of aliphatic hydroxyl groups excluding tert-OH is 6. The number of amides is 1. The standard InChI is InChI=1S/C28H33F2N3O8.C18H14F3N3O4S.C16H23F2N3O7.C11H19F2N3O6.CH5N3/c1-16-22(25(29)28(30,27(39)40-2)41-24(16)23(37)20(36)15-34)33-21(14-32-26(38)18-11-7-4-8-12-18)31-13-19(35)17-9-5-3-6-10-17;19-18(20,21)29(27,28)24-17(15(22)16(26)13-9-5-2-6-10-13)23-11-14(25)12-7-3-1-4-8-12;1-6-10(26-8(3)22)13(27-9(4)23)12-7(2)11(20-21-19)14(17)16(18,28-12)15(24)25-5;1-3-5(16-10(14)15)8(12)11(13,9(20)21)22-7(3)6(19)4(18)2-17;2-1(3)4/h3-12,14,16,20,22-25,31,33-34,36-37H,13,15H2,1-2H3,(H,32,38);1-10,22H,11H2,(H,23,24);7,10-14H,6H2,1-5H3;3-8,17-19H,2H2,1H3,(H,20,21)(H4,14,15,16);(H5,2,3,4)/b21-14+;;;;/t16?,20-,22?,23-,24?,25?,28?;;7?,10-,11?,12?,13-,14?,16?;3?,4-,5?,6-,7?,8?,11?;/m1.11./s1. The Hall–Kier alpha value is -12.0. The van der Waals surface area contributed by atoms with Gasteiger partial charge in [0.05, 0.1) is 64.3 Å². The number of Topliss-reactive ketones (excluding diaryl/α,β-unsaturated/α-hetero) is 3. The van der Waals surface area contributed by atoms with Crippen molar-refractivity contribution in [2.45, 2.75) is 163 Å². The second-order valence-corrected chi connectivity index (χ2v) is 28.5. The Balaban J connectivity index is 0.000000430. The minimum atomic E-state index is -5.96. The van der Waals surface area contributed by atoms with Gasteiger partial charge in [0, 0.05) is 59.0 Å². The molecule has 1 amide bonds. The maximum absolute atomic E-state index is 15.8. The van der Waals surface area contributed by atoms with E-state index in [-0.39, 0.29) is 41.7 Å². The number of carboxylic acids is 1. The van der Waals surface area contributed by atoms with Gasteiger partial charge in [-0.25, -0.2) is 32.5 Å². The minimum absolute atomic E-state index is 0.0641. The Bertz CT molecular complexity index is 4560. The second kappa shape index (κ2) is 48.2. The highest BCUT2D eigenvalue weighted by Gasteiger charge is 2.65. The first kappa shape index (κ1) is 106. The number of ketones is 3. The summed E-state index contributed by atoms with van der Waals surface area (Å²) in [6.07, 6.45) is -21.6. The van der Waals surface area contributed by atoms with E-state index >= 15 is 13.2 Å². The fourth-order valence-electron chi connectivity index (χ4n) is 11.7. The van der Waals surface area contributed by atoms with Crippen LogP contribution in [0.5, 0.6) is 0 Å². The monoisotopic (exact) mass is 1800 g/mol. The number of methoxy groups -OCH3 is 2. The molecule has 40 nitrogen and oxygen atoms in total. The van der Waals surface area contributed by atoms with Gasteiger partial charge < -0.3 is 108 Å². The Morgan fingerprint density at radius 2 is 1.05 bits per heavy atom. The average molecular weight is 1800 g/mol. The summed E-state index contributed by atoms with van der Waals surface area (Å²) in [6, 6.07) is 26.0. The van der Waals surface area contributed by atoms with Gasteiger partial charge in [0.25, 0.3) is 5.91 Å². The molecule has 3 heterocycles. The number of nitrogens with one attached hydrogen (secondary N) is 6. The summed E-state index contributed by atoms with van der Waals surface area (Å²) in [5.41, 5.74) is 21.8. The third-order valence-corrected chi connectivity index (χ3v) is 19.2. The molecule has 21 N–H and O–H groups in total. The number of nitrogens with two attached hydrogens (primary N) is 4. The summed E-state index contributed by atoms with van der Waals surface area (Å²) in [5, 5.41) is 91.7. The Labute approximate surface area is 700 Å². The van der Waals surface area contributed by atoms with Crippen LogP contribution in [0.2, 0.25) is 0 Å². The van der Waals surface area contributed by atoms with E-state index in [0.29, 0.717) is 11.1 Å². The van der Waals surface area contributed by atoms with Crippen LogP contribution in [0.15, 0.2) is 148 Å². The highest BCUT2D eigenvalue weighted by molar-refractivity contribution is 7.91. The van der Waals surface area contributed by atoms with Crippen LogP contribution in [0.25, 0.3) is 10.4 Å². The van der Waals surface area contributed by atoms with Gasteiger partial charge in [-0.05, 0) is 30.0 Å². The fourth-order valence-corrected chi connectivity index (χ4v) is 12.3. The van der Waals surface area contributed by atoms with Crippen molar-refractivity contribution in [1.82, 2.24) is 20.7 Å². The quantitative estimate of drug-likeness (QED) is 0.00392. The minimum Gasteiger partial charge on any atom is -0.477 e. The zero-order valence-electron chi connectivity index (χ0n) is 66.9. The van der Waals surface area contributed by atoms with E-state index < -0.39 is 227 Å². The van der Waals surface area contributed by atoms with Gasteiger partial charge in [0.1, 0.15) is 54.7 Å². The lowest BCUT2D eigenvalue weighted by molar-refractivity contribution is -0.286. The van der Waals surface area contributed by atoms with E-state index in [2.05, 4.69) is 61.6 Å². The number of carboxylic acid groups (broad SMARTS) is 1. The van der Waals surface area contributed by atoms with Crippen LogP contribution >= 0.6 is 0 Å². The van der Waals surface area contributed by atoms with E-state index in [4.69, 9.17) is 57.0 Å². The predicted octanol–water partition coefficient (Wildman–Crippen LogP) is 1.64. The number of hydrogen-bond donors (Lipinski definition) is 17. The summed E-state index contributed by atoms with van der Waals surface area (Å²) in [5.74, 6) is -26.5. The number of hydrogen-bond acceptors (Lipinski definition) is 31. The van der Waals surface area contributed by atoms with Crippen LogP contribution in [0.3, 0.4) is 0 Å². The zero-order valence-corrected chi connectivity index (χ0v) is 67.7. The smallest absolute Gasteiger partial charge is 0.477 e. The van der Waals surface area contributed by atoms with Gasteiger partial charge in [-0.1, -0.05) is 142 Å². The highest BCUT2D eigenvalue weighted by atomic mass is 32.2. The number of carbonyl (C=O) groups is 9. The van der Waals surface area contributed by atoms with Gasteiger partial charge in [-0.15, -0.1) is 0 Å². The first-order valence-electron chi connectivity index (χ1n) is 36.4. The van der Waals surface area contributed by atoms with Gasteiger partial charge >= 0.3 is 62.9 Å². The largest absolute Gasteiger partial charge is 0.516 e. The molecule has 0 spiro atoms. The topological polar surface area (TPSA) is 667 Å². The van der Waals surface area contributed by atoms with Crippen molar-refractivity contribution in [1.29, 1.82) is 10.8 Å². The molecule has 21 atom stereocenters. The number of esters is 4. The van der Waals surface area contributed by atoms with E-state index in [1.807, 2.05) is 0 Å². The number of carbonyl (C=O) groups excluding carboxylic acids is 8. The molecule has 0 saturated carbocycles. The number of aliphatic carboxylic acids is 1. The normalized spacial score (nSPS) is 25.5. The predicted molar refractivity (Wildman–Crippen MR) is 416 cm³/mol. The van der Waals surface area contributed by atoms with Crippen molar-refractivity contribution in [2.24, 2.45) is 55.8 Å². The van der Waals surface area contributed by atoms with Crippen molar-refractivity contribution in [3.8, 4) is 0 Å². The molecule has 3 aliphatic heterocycles. The third kappa shape index (κ3) is 28.8. The van der Waals surface area contributed by atoms with E-state index in [0.717, 1.165) is 39.0 Å². The molecule has 0 bridgehead atoms. The van der Waals surface area contributed by atoms with E-state index in [9.17, 15) is 103 Å². The number of azide groups is 1. The van der Waals surface area contributed by atoms with Crippen LogP contribution in [-0.4, -0.2) is 276 Å². The molecular weight excluding hydrogens is 1700 g/mol. The van der Waals surface area contributed by atoms with Crippen molar-refractivity contribution in [3.05, 3.63) is 166 Å². The molecule has 4 aromatic rings. The summed E-state index contributed by atoms with van der Waals surface area (Å²) in [4.78, 5) is 117. The number of aliphatic imine (C=N–C) groups is 2. The first-order valence-corrected chi connectivity index (χ1v) is 37.8. The Morgan fingerprint density at radius 1 is 0.637 bits per heavy atom. The van der Waals surface area contributed by atoms with Crippen LogP contribution in [-0.2, 0) is 67.2 Å². The van der Waals surface area contributed by atoms with Gasteiger partial charge in [0.2, 0.25) is 5.78 Å². The molecular formula is C74H94F9N15O25S. The molecule has 15 unspecified atom stereocenters. The molecule has 3 saturated heterocycles. The maximum Gasteiger partial charge on any atom is 0.516 e. The van der Waals surface area contributed by atoms with Crippen molar-refractivity contribution in [3.63, 3.8) is 0 Å². The molecule has 4 aromatic carbocycles. The van der Waals surface area contributed by atoms with E-state index in [1.165, 1.54) is 57.2 Å². The number of aliphatic hydroxyl groups is 6. The number of halogens is 9. The molecule has 684 valence electrons. The zero-order chi connectivity index (χ0) is 94.3. The number of rotatable bonds is 31. The summed E-state index contributed by atoms with van der Waals surface area (Å²) >= 11 is 0. The molecule has 0 aliphatic carbocycles. The van der Waals surface area contributed by atoms with Gasteiger partial charge in [-0.3, -0.25) is 49.3 Å². The average Bonchev–Trinajstić information content (AvgIpc) is 0.762. The highest BCUT2D eigenvalue weighted by Crippen LogP contribution is 2.44. The second-order valence-electron chi connectivity index (χ2n) is 26.8. The molecule has 3 aliphatic rings. The lowest BCUT2D eigenvalue weighted by Crippen LogP contribution is -2.68. The summed E-state index contributed by atoms with van der Waals surface area (Å²) in [6.45, 7) is 4.86. The Kier molecular flexibility index (Phi) is 41.2. The fraction of sp³-hybridized carbons (Fsp3) is 0.473. The molecule has 50 heteroatoms. The van der Waals surface area contributed by atoms with Crippen LogP contribution < -0.4 is 43.6 Å². The number of sulfonamides is 1. The SMILES string of the molecule is CC1C(N=C(N)N)C(F)C(F)(C(=O)O)OC1[C@H](O)[C@H](O)CO.CC[C@@H](OC(C)=O)[C@@H](OC(C)=O)C1OC(F)(C(=O)OC)C(F)C(N=[N+]=[N-])C1C.COC(=O)C1(F)OC([C@H](O)[C@H](O)CO)C(C)C(N/C(=C/NC(=O)c2ccccc2)NCC(=O)c2ccccc2)C1F.N=C(C(=O)c1ccccc1)C(=NCC(=O)c1ccccc1)NS(=O)(=O)C(F)(F)F.N=C(N)N. The number of ether oxygens (including phenoxy) is 7. The number of guanidine groups is 2. The molecule has 3 fully saturated rings. The number of amidine groups is 1. The molecule has 124 heavy (non-hydrogen) atoms. The van der Waals surface area contributed by atoms with Crippen molar-refractivity contribution >= 4 is 86.6 Å². The number of alkyl halides is 9. The lowest BCUT2D eigenvalue weighted by Gasteiger charge is -2.47. The van der Waals surface area contributed by atoms with Crippen molar-refractivity contribution < 1.29 is 160 Å². The molecule has 0 radical (unpaired) electrons. The molecule has 7 rings (SSSR count). The Morgan fingerprint density at radius 3 is 1.47 bits per heavy atom. The third-order valence-electron chi connectivity index (χ3n) is 18.1. The number of nitrogens with zero attached hydrogens (tertiary/aromatic N) is 5. The lowest BCUT2D eigenvalue weighted by atomic mass is 9.82. The summed E-state index contributed by atoms with van der Waals surface area (Å²) in [7, 11) is -4.31. The van der Waals surface area contributed by atoms with Gasteiger partial charge in [0.15, 0.2) is 53.9 Å². The molecule has 0 aromatic heterocycles. The van der Waals surface area contributed by atoms with Crippen LogP contribution in [0, 0.1) is 28.6 Å². The van der Waals surface area contributed by atoms with Gasteiger partial charge in [-0.2, -0.15) is 34.8 Å². The van der Waals surface area contributed by atoms with Crippen LogP contribution in [0.4, 0.5) is 39.5 Å². The van der Waals surface area contributed by atoms with E-state index in [1.54, 1.807) is 91.9 Å².